The van der Waals surface area contributed by atoms with E-state index in [0.717, 1.165) is 17.9 Å². The molecule has 1 atom stereocenters. The van der Waals surface area contributed by atoms with E-state index in [9.17, 15) is 0 Å². The highest BCUT2D eigenvalue weighted by Crippen LogP contribution is 2.09. The van der Waals surface area contributed by atoms with Crippen molar-refractivity contribution in [1.82, 2.24) is 19.6 Å². The average Bonchev–Trinajstić information content (AvgIpc) is 2.66. The zero-order chi connectivity index (χ0) is 9.97. The first-order valence-corrected chi connectivity index (χ1v) is 4.71. The van der Waals surface area contributed by atoms with Crippen LogP contribution in [0.5, 0.6) is 0 Å². The molecule has 2 aromatic heterocycles. The van der Waals surface area contributed by atoms with E-state index < -0.39 is 0 Å². The van der Waals surface area contributed by atoms with Crippen LogP contribution in [0.15, 0.2) is 18.7 Å². The first kappa shape index (κ1) is 8.93. The van der Waals surface area contributed by atoms with Crippen LogP contribution in [-0.4, -0.2) is 25.6 Å². The Morgan fingerprint density at radius 2 is 2.36 bits per heavy atom. The van der Waals surface area contributed by atoms with Crippen molar-refractivity contribution < 1.29 is 0 Å². The molecule has 0 radical (unpaired) electrons. The van der Waals surface area contributed by atoms with Crippen molar-refractivity contribution in [1.29, 1.82) is 0 Å². The Morgan fingerprint density at radius 1 is 1.50 bits per heavy atom. The van der Waals surface area contributed by atoms with E-state index in [2.05, 4.69) is 34.3 Å². The Hall–Kier alpha value is -1.65. The highest BCUT2D eigenvalue weighted by Gasteiger charge is 2.04. The third-order valence-electron chi connectivity index (χ3n) is 2.23. The van der Waals surface area contributed by atoms with Crippen molar-refractivity contribution in [3.63, 3.8) is 0 Å². The number of nitrogens with zero attached hydrogens (tertiary/aromatic N) is 4. The van der Waals surface area contributed by atoms with Crippen LogP contribution in [0.4, 0.5) is 5.82 Å². The molecular formula is C9H13N5. The van der Waals surface area contributed by atoms with Crippen molar-refractivity contribution in [2.24, 2.45) is 0 Å². The van der Waals surface area contributed by atoms with Crippen molar-refractivity contribution in [3.8, 4) is 0 Å². The molecule has 0 bridgehead atoms. The topological polar surface area (TPSA) is 55.1 Å². The van der Waals surface area contributed by atoms with Crippen LogP contribution in [0, 0.1) is 0 Å². The summed E-state index contributed by atoms with van der Waals surface area (Å²) in [6, 6.07) is 0.421. The fourth-order valence-electron chi connectivity index (χ4n) is 1.22. The van der Waals surface area contributed by atoms with Crippen LogP contribution in [-0.2, 0) is 0 Å². The van der Waals surface area contributed by atoms with Crippen LogP contribution in [0.3, 0.4) is 0 Å². The van der Waals surface area contributed by atoms with Crippen LogP contribution in [0.1, 0.15) is 20.3 Å². The molecule has 0 saturated carbocycles. The summed E-state index contributed by atoms with van der Waals surface area (Å²) in [6.07, 6.45) is 6.22. The molecule has 0 saturated heterocycles. The predicted octanol–water partition coefficient (Wildman–Crippen LogP) is 1.33. The zero-order valence-corrected chi connectivity index (χ0v) is 8.31. The van der Waals surface area contributed by atoms with Gasteiger partial charge in [-0.1, -0.05) is 6.92 Å². The maximum absolute atomic E-state index is 4.09. The lowest BCUT2D eigenvalue weighted by Gasteiger charge is -2.13. The van der Waals surface area contributed by atoms with Gasteiger partial charge in [0.1, 0.15) is 12.1 Å². The van der Waals surface area contributed by atoms with E-state index in [1.807, 2.05) is 4.40 Å². The first-order chi connectivity index (χ1) is 6.81. The number of aromatic nitrogens is 4. The van der Waals surface area contributed by atoms with Gasteiger partial charge >= 0.3 is 0 Å². The second-order valence-electron chi connectivity index (χ2n) is 3.31. The van der Waals surface area contributed by atoms with Gasteiger partial charge in [-0.2, -0.15) is 0 Å². The average molecular weight is 191 g/mol. The van der Waals surface area contributed by atoms with Crippen LogP contribution < -0.4 is 5.32 Å². The number of fused-ring (bicyclic) bond motifs is 1. The SMILES string of the molecule is CCC(C)Nc1cncc2nncn12. The third kappa shape index (κ3) is 1.53. The summed E-state index contributed by atoms with van der Waals surface area (Å²) in [4.78, 5) is 4.09. The molecule has 0 aliphatic heterocycles. The molecule has 0 aliphatic rings. The summed E-state index contributed by atoms with van der Waals surface area (Å²) in [5.74, 6) is 0.932. The molecule has 5 heteroatoms. The van der Waals surface area contributed by atoms with Crippen molar-refractivity contribution in [3.05, 3.63) is 18.7 Å². The van der Waals surface area contributed by atoms with Gasteiger partial charge in [0.15, 0.2) is 5.65 Å². The molecule has 2 rings (SSSR count). The lowest BCUT2D eigenvalue weighted by atomic mass is 10.3. The molecular weight excluding hydrogens is 178 g/mol. The largest absolute Gasteiger partial charge is 0.367 e. The minimum absolute atomic E-state index is 0.421. The second-order valence-corrected chi connectivity index (χ2v) is 3.31. The van der Waals surface area contributed by atoms with Gasteiger partial charge in [0.05, 0.1) is 12.4 Å². The monoisotopic (exact) mass is 191 g/mol. The van der Waals surface area contributed by atoms with Gasteiger partial charge in [-0.05, 0) is 13.3 Å². The minimum atomic E-state index is 0.421. The maximum Gasteiger partial charge on any atom is 0.180 e. The van der Waals surface area contributed by atoms with E-state index in [-0.39, 0.29) is 0 Å². The summed E-state index contributed by atoms with van der Waals surface area (Å²) in [5, 5.41) is 11.1. The summed E-state index contributed by atoms with van der Waals surface area (Å²) in [6.45, 7) is 4.26. The molecule has 74 valence electrons. The maximum atomic E-state index is 4.09. The minimum Gasteiger partial charge on any atom is -0.367 e. The van der Waals surface area contributed by atoms with E-state index >= 15 is 0 Å². The van der Waals surface area contributed by atoms with Gasteiger partial charge < -0.3 is 5.32 Å². The fraction of sp³-hybridized carbons (Fsp3) is 0.444. The van der Waals surface area contributed by atoms with E-state index in [0.29, 0.717) is 6.04 Å². The van der Waals surface area contributed by atoms with Crippen molar-refractivity contribution >= 4 is 11.5 Å². The second kappa shape index (κ2) is 3.61. The smallest absolute Gasteiger partial charge is 0.180 e. The van der Waals surface area contributed by atoms with Gasteiger partial charge in [-0.3, -0.25) is 9.38 Å². The molecule has 1 unspecified atom stereocenters. The Balaban J connectivity index is 2.36. The molecule has 0 spiro atoms. The van der Waals surface area contributed by atoms with E-state index in [1.54, 1.807) is 18.7 Å². The number of hydrogen-bond donors (Lipinski definition) is 1. The number of anilines is 1. The fourth-order valence-corrected chi connectivity index (χ4v) is 1.22. The summed E-state index contributed by atoms with van der Waals surface area (Å²) < 4.78 is 1.89. The summed E-state index contributed by atoms with van der Waals surface area (Å²) in [7, 11) is 0. The van der Waals surface area contributed by atoms with Crippen molar-refractivity contribution in [2.45, 2.75) is 26.3 Å². The molecule has 0 amide bonds. The zero-order valence-electron chi connectivity index (χ0n) is 8.31. The third-order valence-corrected chi connectivity index (χ3v) is 2.23. The molecule has 2 aromatic rings. The number of hydrogen-bond acceptors (Lipinski definition) is 4. The molecule has 1 N–H and O–H groups in total. The van der Waals surface area contributed by atoms with Crippen LogP contribution in [0.2, 0.25) is 0 Å². The van der Waals surface area contributed by atoms with Crippen LogP contribution in [0.25, 0.3) is 5.65 Å². The molecule has 5 nitrogen and oxygen atoms in total. The van der Waals surface area contributed by atoms with E-state index in [1.165, 1.54) is 0 Å². The molecule has 14 heavy (non-hydrogen) atoms. The normalized spacial score (nSPS) is 13.0. The summed E-state index contributed by atoms with van der Waals surface area (Å²) in [5.41, 5.74) is 0.762. The predicted molar refractivity (Wildman–Crippen MR) is 54.2 cm³/mol. The van der Waals surface area contributed by atoms with Gasteiger partial charge in [0, 0.05) is 6.04 Å². The van der Waals surface area contributed by atoms with Gasteiger partial charge in [0.25, 0.3) is 0 Å². The highest BCUT2D eigenvalue weighted by atomic mass is 15.3. The van der Waals surface area contributed by atoms with E-state index in [4.69, 9.17) is 0 Å². The van der Waals surface area contributed by atoms with Gasteiger partial charge in [-0.25, -0.2) is 0 Å². The molecule has 0 aliphatic carbocycles. The van der Waals surface area contributed by atoms with Crippen LogP contribution >= 0.6 is 0 Å². The summed E-state index contributed by atoms with van der Waals surface area (Å²) >= 11 is 0. The lowest BCUT2D eigenvalue weighted by Crippen LogP contribution is -2.15. The van der Waals surface area contributed by atoms with Crippen molar-refractivity contribution in [2.75, 3.05) is 5.32 Å². The molecule has 0 fully saturated rings. The quantitative estimate of drug-likeness (QED) is 0.795. The molecule has 0 aromatic carbocycles. The van der Waals surface area contributed by atoms with Gasteiger partial charge in [0.2, 0.25) is 0 Å². The molecule has 2 heterocycles. The first-order valence-electron chi connectivity index (χ1n) is 4.71. The highest BCUT2D eigenvalue weighted by molar-refractivity contribution is 5.45. The Kier molecular flexibility index (Phi) is 2.30. The number of nitrogens with one attached hydrogen (secondary N) is 1. The lowest BCUT2D eigenvalue weighted by molar-refractivity contribution is 0.755. The standard InChI is InChI=1S/C9H13N5/c1-3-7(2)12-8-4-10-5-9-13-11-6-14(8)9/h4-7,12H,3H2,1-2H3. The Labute approximate surface area is 82.2 Å². The number of rotatable bonds is 3. The Morgan fingerprint density at radius 3 is 3.14 bits per heavy atom. The van der Waals surface area contributed by atoms with Gasteiger partial charge in [-0.15, -0.1) is 10.2 Å². The Bertz CT molecular complexity index is 422.